The van der Waals surface area contributed by atoms with Crippen LogP contribution in [0.4, 0.5) is 17.1 Å². The molecule has 0 bridgehead atoms. The Bertz CT molecular complexity index is 1900. The third-order valence-electron chi connectivity index (χ3n) is 8.77. The van der Waals surface area contributed by atoms with Gasteiger partial charge >= 0.3 is 0 Å². The first-order valence-corrected chi connectivity index (χ1v) is 15.7. The number of benzene rings is 6. The molecule has 1 aromatic heterocycles. The summed E-state index contributed by atoms with van der Waals surface area (Å²) in [4.78, 5) is 2.32. The molecule has 0 amide bonds. The first-order chi connectivity index (χ1) is 21.6. The highest BCUT2D eigenvalue weighted by Gasteiger charge is 2.13. The van der Waals surface area contributed by atoms with Crippen molar-refractivity contribution in [3.63, 3.8) is 0 Å². The molecule has 1 heterocycles. The Morgan fingerprint density at radius 3 is 1.39 bits per heavy atom. The number of nitrogens with zero attached hydrogens (tertiary/aromatic N) is 2. The predicted octanol–water partition coefficient (Wildman–Crippen LogP) is 11.6. The number of hydrogen-bond acceptors (Lipinski definition) is 1. The maximum atomic E-state index is 2.50. The molecule has 0 radical (unpaired) electrons. The second-order valence-electron chi connectivity index (χ2n) is 11.9. The standard InChI is InChI=1S/C42H38N2/c1-31-14-24-36(25-15-31)44(37-26-16-32(2)17-27-37)38-28-22-35(23-29-38)34-20-18-33(19-21-34)9-7-8-30-43-41-12-5-3-10-39(41)40-11-4-6-13-42(40)43/h3-6,10-29H,7-9,30H2,1-2H3. The zero-order chi connectivity index (χ0) is 29.9. The Morgan fingerprint density at radius 2 is 0.886 bits per heavy atom. The second-order valence-corrected chi connectivity index (χ2v) is 11.9. The van der Waals surface area contributed by atoms with E-state index in [1.54, 1.807) is 0 Å². The van der Waals surface area contributed by atoms with Crippen LogP contribution in [-0.4, -0.2) is 4.57 Å². The lowest BCUT2D eigenvalue weighted by atomic mass is 10.0. The molecule has 0 aliphatic carbocycles. The lowest BCUT2D eigenvalue weighted by Gasteiger charge is -2.26. The van der Waals surface area contributed by atoms with Crippen molar-refractivity contribution in [3.05, 3.63) is 162 Å². The molecule has 0 spiro atoms. The first-order valence-electron chi connectivity index (χ1n) is 15.7. The van der Waals surface area contributed by atoms with Crippen LogP contribution in [0.15, 0.2) is 146 Å². The minimum atomic E-state index is 1.04. The molecule has 0 N–H and O–H groups in total. The molecule has 44 heavy (non-hydrogen) atoms. The Hall–Kier alpha value is -5.08. The molecule has 0 saturated heterocycles. The fraction of sp³-hybridized carbons (Fsp3) is 0.143. The number of aryl methyl sites for hydroxylation is 4. The first kappa shape index (κ1) is 27.7. The molecule has 7 aromatic rings. The normalized spacial score (nSPS) is 11.3. The number of aromatic nitrogens is 1. The third-order valence-corrected chi connectivity index (χ3v) is 8.77. The number of fused-ring (bicyclic) bond motifs is 3. The van der Waals surface area contributed by atoms with Crippen LogP contribution < -0.4 is 4.90 Å². The summed E-state index contributed by atoms with van der Waals surface area (Å²) in [6.45, 7) is 5.31. The van der Waals surface area contributed by atoms with E-state index >= 15 is 0 Å². The summed E-state index contributed by atoms with van der Waals surface area (Å²) in [6, 6.07) is 53.2. The molecule has 0 aliphatic rings. The number of anilines is 3. The van der Waals surface area contributed by atoms with Gasteiger partial charge < -0.3 is 9.47 Å². The molecule has 7 rings (SSSR count). The molecule has 216 valence electrons. The van der Waals surface area contributed by atoms with E-state index in [4.69, 9.17) is 0 Å². The average Bonchev–Trinajstić information content (AvgIpc) is 3.39. The van der Waals surface area contributed by atoms with Crippen LogP contribution in [0.1, 0.15) is 29.5 Å². The lowest BCUT2D eigenvalue weighted by molar-refractivity contribution is 0.636. The summed E-state index contributed by atoms with van der Waals surface area (Å²) in [5, 5.41) is 2.70. The number of hydrogen-bond donors (Lipinski definition) is 0. The minimum absolute atomic E-state index is 1.04. The Balaban J connectivity index is 1.03. The van der Waals surface area contributed by atoms with Crippen molar-refractivity contribution in [2.24, 2.45) is 0 Å². The largest absolute Gasteiger partial charge is 0.340 e. The second kappa shape index (κ2) is 12.3. The third kappa shape index (κ3) is 5.64. The van der Waals surface area contributed by atoms with E-state index in [9.17, 15) is 0 Å². The molecule has 2 nitrogen and oxygen atoms in total. The maximum absolute atomic E-state index is 2.50. The van der Waals surface area contributed by atoms with Gasteiger partial charge in [0.25, 0.3) is 0 Å². The van der Waals surface area contributed by atoms with Gasteiger partial charge in [0.05, 0.1) is 0 Å². The summed E-state index contributed by atoms with van der Waals surface area (Å²) in [5.41, 5.74) is 12.6. The van der Waals surface area contributed by atoms with Gasteiger partial charge in [0.15, 0.2) is 0 Å². The van der Waals surface area contributed by atoms with Crippen LogP contribution >= 0.6 is 0 Å². The summed E-state index contributed by atoms with van der Waals surface area (Å²) in [6.07, 6.45) is 3.42. The van der Waals surface area contributed by atoms with Crippen molar-refractivity contribution in [1.29, 1.82) is 0 Å². The van der Waals surface area contributed by atoms with E-state index in [1.165, 1.54) is 56.0 Å². The summed E-state index contributed by atoms with van der Waals surface area (Å²) in [5.74, 6) is 0. The fourth-order valence-electron chi connectivity index (χ4n) is 6.34. The van der Waals surface area contributed by atoms with Crippen molar-refractivity contribution >= 4 is 38.9 Å². The average molecular weight is 571 g/mol. The van der Waals surface area contributed by atoms with Crippen molar-refractivity contribution in [2.75, 3.05) is 4.90 Å². The number of rotatable bonds is 9. The summed E-state index contributed by atoms with van der Waals surface area (Å²) in [7, 11) is 0. The molecule has 0 aliphatic heterocycles. The topological polar surface area (TPSA) is 8.17 Å². The Labute approximate surface area is 260 Å². The molecule has 2 heteroatoms. The van der Waals surface area contributed by atoms with Gasteiger partial charge in [-0.3, -0.25) is 0 Å². The molecule has 0 fully saturated rings. The van der Waals surface area contributed by atoms with Gasteiger partial charge in [-0.2, -0.15) is 0 Å². The molecule has 0 saturated carbocycles. The molecule has 0 unspecified atom stereocenters. The van der Waals surface area contributed by atoms with Crippen LogP contribution in [0.25, 0.3) is 32.9 Å². The van der Waals surface area contributed by atoms with Crippen LogP contribution in [0.5, 0.6) is 0 Å². The number of unbranched alkanes of at least 4 members (excludes halogenated alkanes) is 1. The SMILES string of the molecule is Cc1ccc(N(c2ccc(C)cc2)c2ccc(-c3ccc(CCCCn4c5ccccc5c5ccccc54)cc3)cc2)cc1. The fourth-order valence-corrected chi connectivity index (χ4v) is 6.34. The van der Waals surface area contributed by atoms with Crippen LogP contribution in [0.2, 0.25) is 0 Å². The van der Waals surface area contributed by atoms with Crippen molar-refractivity contribution in [1.82, 2.24) is 4.57 Å². The highest BCUT2D eigenvalue weighted by atomic mass is 15.1. The highest BCUT2D eigenvalue weighted by molar-refractivity contribution is 6.07. The van der Waals surface area contributed by atoms with E-state index < -0.39 is 0 Å². The van der Waals surface area contributed by atoms with Crippen molar-refractivity contribution < 1.29 is 0 Å². The predicted molar refractivity (Wildman–Crippen MR) is 188 cm³/mol. The monoisotopic (exact) mass is 570 g/mol. The molecular formula is C42H38N2. The zero-order valence-electron chi connectivity index (χ0n) is 25.6. The smallest absolute Gasteiger partial charge is 0.0491 e. The summed E-state index contributed by atoms with van der Waals surface area (Å²) >= 11 is 0. The Morgan fingerprint density at radius 1 is 0.455 bits per heavy atom. The highest BCUT2D eigenvalue weighted by Crippen LogP contribution is 2.36. The van der Waals surface area contributed by atoms with Crippen LogP contribution in [-0.2, 0) is 13.0 Å². The van der Waals surface area contributed by atoms with E-state index in [-0.39, 0.29) is 0 Å². The molecular weight excluding hydrogens is 532 g/mol. The molecule has 0 atom stereocenters. The van der Waals surface area contributed by atoms with Crippen LogP contribution in [0, 0.1) is 13.8 Å². The van der Waals surface area contributed by atoms with Gasteiger partial charge in [-0.15, -0.1) is 0 Å². The quantitative estimate of drug-likeness (QED) is 0.157. The van der Waals surface area contributed by atoms with Crippen molar-refractivity contribution in [2.45, 2.75) is 39.7 Å². The lowest BCUT2D eigenvalue weighted by Crippen LogP contribution is -2.09. The van der Waals surface area contributed by atoms with Gasteiger partial charge in [-0.05, 0) is 98.3 Å². The van der Waals surface area contributed by atoms with E-state index in [2.05, 4.69) is 169 Å². The number of para-hydroxylation sites is 2. The zero-order valence-corrected chi connectivity index (χ0v) is 25.6. The minimum Gasteiger partial charge on any atom is -0.340 e. The maximum Gasteiger partial charge on any atom is 0.0491 e. The van der Waals surface area contributed by atoms with Gasteiger partial charge in [0.2, 0.25) is 0 Å². The van der Waals surface area contributed by atoms with Gasteiger partial charge in [0.1, 0.15) is 0 Å². The Kier molecular flexibility index (Phi) is 7.73. The molecule has 6 aromatic carbocycles. The van der Waals surface area contributed by atoms with Crippen LogP contribution in [0.3, 0.4) is 0 Å². The van der Waals surface area contributed by atoms with Crippen molar-refractivity contribution in [3.8, 4) is 11.1 Å². The van der Waals surface area contributed by atoms with E-state index in [1.807, 2.05) is 0 Å². The van der Waals surface area contributed by atoms with E-state index in [0.29, 0.717) is 0 Å². The van der Waals surface area contributed by atoms with Gasteiger partial charge in [-0.25, -0.2) is 0 Å². The van der Waals surface area contributed by atoms with Gasteiger partial charge in [0, 0.05) is 45.4 Å². The van der Waals surface area contributed by atoms with E-state index in [0.717, 1.165) is 36.4 Å². The van der Waals surface area contributed by atoms with Gasteiger partial charge in [-0.1, -0.05) is 108 Å². The summed E-state index contributed by atoms with van der Waals surface area (Å²) < 4.78 is 2.50.